The monoisotopic (exact) mass is 271 g/mol. The highest BCUT2D eigenvalue weighted by Crippen LogP contribution is 2.08. The summed E-state index contributed by atoms with van der Waals surface area (Å²) < 4.78 is 0. The first-order chi connectivity index (χ1) is 9.11. The van der Waals surface area contributed by atoms with Gasteiger partial charge in [-0.25, -0.2) is 0 Å². The highest BCUT2D eigenvalue weighted by molar-refractivity contribution is 5.85. The van der Waals surface area contributed by atoms with Crippen LogP contribution in [0.15, 0.2) is 0 Å². The molecule has 0 aromatic heterocycles. The van der Waals surface area contributed by atoms with E-state index < -0.39 is 11.9 Å². The zero-order valence-corrected chi connectivity index (χ0v) is 12.4. The number of carbonyl (C=O) groups excluding carboxylic acids is 1. The molecule has 4 heteroatoms. The number of amides is 1. The normalized spacial score (nSPS) is 17.6. The standard InChI is InChI=1S/C10H22.C5H7NO3/c1-3-5-7-9-10-8-6-4-2;7-4-1-3(2-6-4)5(8)9/h3-10H2,1-2H3;3H,1-2H2,(H,6,7)(H,8,9). The van der Waals surface area contributed by atoms with Gasteiger partial charge in [-0.05, 0) is 0 Å². The number of carbonyl (C=O) groups is 2. The second-order valence-electron chi connectivity index (χ2n) is 5.16. The summed E-state index contributed by atoms with van der Waals surface area (Å²) in [5.74, 6) is -1.56. The topological polar surface area (TPSA) is 66.4 Å². The quantitative estimate of drug-likeness (QED) is 0.665. The molecule has 112 valence electrons. The molecular formula is C15H29NO3. The molecule has 0 aromatic rings. The molecule has 19 heavy (non-hydrogen) atoms. The van der Waals surface area contributed by atoms with E-state index in [4.69, 9.17) is 5.11 Å². The van der Waals surface area contributed by atoms with Gasteiger partial charge in [-0.2, -0.15) is 0 Å². The molecule has 0 aromatic carbocycles. The average molecular weight is 271 g/mol. The van der Waals surface area contributed by atoms with E-state index in [1.54, 1.807) is 0 Å². The summed E-state index contributed by atoms with van der Waals surface area (Å²) in [7, 11) is 0. The molecule has 0 aliphatic carbocycles. The van der Waals surface area contributed by atoms with Gasteiger partial charge in [0.2, 0.25) is 5.91 Å². The van der Waals surface area contributed by atoms with Crippen LogP contribution in [0.1, 0.15) is 71.6 Å². The van der Waals surface area contributed by atoms with Crippen LogP contribution in [0, 0.1) is 5.92 Å². The lowest BCUT2D eigenvalue weighted by Gasteiger charge is -1.97. The van der Waals surface area contributed by atoms with Crippen molar-refractivity contribution < 1.29 is 14.7 Å². The van der Waals surface area contributed by atoms with Crippen molar-refractivity contribution in [2.24, 2.45) is 5.92 Å². The first-order valence-electron chi connectivity index (χ1n) is 7.61. The summed E-state index contributed by atoms with van der Waals surface area (Å²) in [6.07, 6.45) is 11.6. The molecule has 1 fully saturated rings. The minimum atomic E-state index is -0.895. The lowest BCUT2D eigenvalue weighted by molar-refractivity contribution is -0.141. The van der Waals surface area contributed by atoms with Crippen molar-refractivity contribution in [3.63, 3.8) is 0 Å². The molecule has 4 nitrogen and oxygen atoms in total. The molecule has 1 saturated heterocycles. The Kier molecular flexibility index (Phi) is 11.3. The summed E-state index contributed by atoms with van der Waals surface area (Å²) in [5, 5.41) is 10.8. The minimum absolute atomic E-state index is 0.134. The maximum atomic E-state index is 10.4. The SMILES string of the molecule is CCCCCCCCCC.O=C1CC(C(=O)O)CN1. The van der Waals surface area contributed by atoms with Crippen molar-refractivity contribution >= 4 is 11.9 Å². The van der Waals surface area contributed by atoms with Gasteiger partial charge < -0.3 is 10.4 Å². The van der Waals surface area contributed by atoms with Crippen molar-refractivity contribution in [3.05, 3.63) is 0 Å². The highest BCUT2D eigenvalue weighted by Gasteiger charge is 2.26. The van der Waals surface area contributed by atoms with E-state index in [-0.39, 0.29) is 18.9 Å². The number of rotatable bonds is 8. The molecule has 2 N–H and O–H groups in total. The van der Waals surface area contributed by atoms with Crippen LogP contribution in [0.4, 0.5) is 0 Å². The average Bonchev–Trinajstić information content (AvgIpc) is 2.81. The van der Waals surface area contributed by atoms with Gasteiger partial charge in [0.1, 0.15) is 0 Å². The van der Waals surface area contributed by atoms with Gasteiger partial charge in [0.05, 0.1) is 5.92 Å². The van der Waals surface area contributed by atoms with E-state index in [1.807, 2.05) is 0 Å². The fourth-order valence-electron chi connectivity index (χ4n) is 1.99. The van der Waals surface area contributed by atoms with Crippen LogP contribution in [-0.2, 0) is 9.59 Å². The third-order valence-corrected chi connectivity index (χ3v) is 3.28. The number of nitrogens with one attached hydrogen (secondary N) is 1. The van der Waals surface area contributed by atoms with Crippen LogP contribution in [0.3, 0.4) is 0 Å². The predicted molar refractivity (Wildman–Crippen MR) is 77.0 cm³/mol. The molecule has 0 bridgehead atoms. The molecule has 0 spiro atoms. The number of hydrogen-bond donors (Lipinski definition) is 2. The summed E-state index contributed by atoms with van der Waals surface area (Å²) in [5.41, 5.74) is 0. The van der Waals surface area contributed by atoms with Crippen molar-refractivity contribution in [2.45, 2.75) is 71.6 Å². The molecule has 1 aliphatic rings. The number of carboxylic acids is 1. The van der Waals surface area contributed by atoms with E-state index in [0.717, 1.165) is 0 Å². The summed E-state index contributed by atoms with van der Waals surface area (Å²) >= 11 is 0. The van der Waals surface area contributed by atoms with Crippen LogP contribution in [-0.4, -0.2) is 23.5 Å². The summed E-state index contributed by atoms with van der Waals surface area (Å²) in [4.78, 5) is 20.5. The molecule has 1 atom stereocenters. The summed E-state index contributed by atoms with van der Waals surface area (Å²) in [6.45, 7) is 4.83. The Morgan fingerprint density at radius 3 is 1.84 bits per heavy atom. The van der Waals surface area contributed by atoms with Crippen LogP contribution in [0.25, 0.3) is 0 Å². The fraction of sp³-hybridized carbons (Fsp3) is 0.867. The number of unbranched alkanes of at least 4 members (excludes halogenated alkanes) is 7. The second-order valence-corrected chi connectivity index (χ2v) is 5.16. The Hall–Kier alpha value is -1.06. The third-order valence-electron chi connectivity index (χ3n) is 3.28. The number of hydrogen-bond acceptors (Lipinski definition) is 2. The van der Waals surface area contributed by atoms with Crippen molar-refractivity contribution in [1.29, 1.82) is 0 Å². The fourth-order valence-corrected chi connectivity index (χ4v) is 1.99. The Labute approximate surface area is 117 Å². The largest absolute Gasteiger partial charge is 0.481 e. The maximum absolute atomic E-state index is 10.4. The molecule has 1 rings (SSSR count). The van der Waals surface area contributed by atoms with Crippen LogP contribution >= 0.6 is 0 Å². The van der Waals surface area contributed by atoms with Crippen LogP contribution in [0.2, 0.25) is 0 Å². The van der Waals surface area contributed by atoms with Gasteiger partial charge in [0, 0.05) is 13.0 Å². The molecule has 1 amide bonds. The Morgan fingerprint density at radius 1 is 1.11 bits per heavy atom. The third kappa shape index (κ3) is 10.5. The first kappa shape index (κ1) is 17.9. The smallest absolute Gasteiger partial charge is 0.308 e. The van der Waals surface area contributed by atoms with Crippen molar-refractivity contribution in [2.75, 3.05) is 6.54 Å². The van der Waals surface area contributed by atoms with Gasteiger partial charge in [-0.15, -0.1) is 0 Å². The zero-order chi connectivity index (χ0) is 14.5. The molecule has 0 radical (unpaired) electrons. The van der Waals surface area contributed by atoms with Gasteiger partial charge in [0.25, 0.3) is 0 Å². The molecular weight excluding hydrogens is 242 g/mol. The first-order valence-corrected chi connectivity index (χ1v) is 7.61. The number of carboxylic acid groups (broad SMARTS) is 1. The van der Waals surface area contributed by atoms with Crippen LogP contribution in [0.5, 0.6) is 0 Å². The van der Waals surface area contributed by atoms with E-state index in [0.29, 0.717) is 0 Å². The molecule has 1 heterocycles. The second kappa shape index (κ2) is 12.0. The van der Waals surface area contributed by atoms with Crippen molar-refractivity contribution in [1.82, 2.24) is 5.32 Å². The van der Waals surface area contributed by atoms with Gasteiger partial charge >= 0.3 is 5.97 Å². The van der Waals surface area contributed by atoms with Crippen molar-refractivity contribution in [3.8, 4) is 0 Å². The van der Waals surface area contributed by atoms with Gasteiger partial charge in [-0.3, -0.25) is 9.59 Å². The van der Waals surface area contributed by atoms with E-state index in [9.17, 15) is 9.59 Å². The Balaban J connectivity index is 0.000000342. The Morgan fingerprint density at radius 2 is 1.58 bits per heavy atom. The zero-order valence-electron chi connectivity index (χ0n) is 12.4. The maximum Gasteiger partial charge on any atom is 0.308 e. The highest BCUT2D eigenvalue weighted by atomic mass is 16.4. The number of aliphatic carboxylic acids is 1. The minimum Gasteiger partial charge on any atom is -0.481 e. The van der Waals surface area contributed by atoms with E-state index in [1.165, 1.54) is 51.4 Å². The van der Waals surface area contributed by atoms with Crippen LogP contribution < -0.4 is 5.32 Å². The predicted octanol–water partition coefficient (Wildman–Crippen LogP) is 3.35. The molecule has 1 unspecified atom stereocenters. The Bertz CT molecular complexity index is 246. The molecule has 1 aliphatic heterocycles. The lowest BCUT2D eigenvalue weighted by atomic mass is 10.1. The van der Waals surface area contributed by atoms with Gasteiger partial charge in [0.15, 0.2) is 0 Å². The lowest BCUT2D eigenvalue weighted by Crippen LogP contribution is -2.17. The van der Waals surface area contributed by atoms with E-state index in [2.05, 4.69) is 19.2 Å². The van der Waals surface area contributed by atoms with E-state index >= 15 is 0 Å². The summed E-state index contributed by atoms with van der Waals surface area (Å²) in [6, 6.07) is 0. The molecule has 0 saturated carbocycles. The van der Waals surface area contributed by atoms with Gasteiger partial charge in [-0.1, -0.05) is 65.2 Å².